The van der Waals surface area contributed by atoms with E-state index in [4.69, 9.17) is 5.11 Å². The zero-order valence-corrected chi connectivity index (χ0v) is 12.7. The van der Waals surface area contributed by atoms with Crippen LogP contribution in [0.15, 0.2) is 17.2 Å². The van der Waals surface area contributed by atoms with Crippen LogP contribution in [0.1, 0.15) is 23.0 Å². The van der Waals surface area contributed by atoms with Crippen molar-refractivity contribution < 1.29 is 24.2 Å². The number of nitrogens with one attached hydrogen (secondary N) is 1. The van der Waals surface area contributed by atoms with E-state index in [1.165, 1.54) is 25.8 Å². The molecule has 1 rings (SSSR count). The molecule has 21 heavy (non-hydrogen) atoms. The van der Waals surface area contributed by atoms with E-state index in [0.29, 0.717) is 16.3 Å². The smallest absolute Gasteiger partial charge is 0.339 e. The molecule has 1 aromatic rings. The van der Waals surface area contributed by atoms with Gasteiger partial charge in [-0.3, -0.25) is 4.79 Å². The van der Waals surface area contributed by atoms with Crippen molar-refractivity contribution in [2.75, 3.05) is 12.9 Å². The largest absolute Gasteiger partial charge is 0.480 e. The van der Waals surface area contributed by atoms with Crippen molar-refractivity contribution in [2.45, 2.75) is 24.9 Å². The maximum Gasteiger partial charge on any atom is 0.339 e. The second-order valence-corrected chi connectivity index (χ2v) is 5.22. The molecular formula is C13H16N2O5S. The first-order valence-electron chi connectivity index (χ1n) is 6.03. The standard InChI is InChI=1S/C13H16N2O5S/c1-7-9(13(19)20-3)4-5-11(14-7)21-6-10(12(17)18)15-8(2)16/h4-5,10H,6H2,1-3H3,(H,15,16)(H,17,18)/t10-/m0/s1. The molecular weight excluding hydrogens is 296 g/mol. The Morgan fingerprint density at radius 2 is 2.10 bits per heavy atom. The van der Waals surface area contributed by atoms with Crippen LogP contribution in [0.5, 0.6) is 0 Å². The molecule has 1 atom stereocenters. The van der Waals surface area contributed by atoms with Gasteiger partial charge in [0, 0.05) is 12.7 Å². The van der Waals surface area contributed by atoms with Crippen molar-refractivity contribution in [3.05, 3.63) is 23.4 Å². The number of carbonyl (C=O) groups is 3. The van der Waals surface area contributed by atoms with E-state index in [1.54, 1.807) is 19.1 Å². The van der Waals surface area contributed by atoms with Gasteiger partial charge in [-0.1, -0.05) is 0 Å². The van der Waals surface area contributed by atoms with Gasteiger partial charge in [-0.05, 0) is 19.1 Å². The number of methoxy groups -OCH3 is 1. The van der Waals surface area contributed by atoms with Crippen LogP contribution in [0.25, 0.3) is 0 Å². The van der Waals surface area contributed by atoms with Crippen LogP contribution in [-0.4, -0.2) is 46.8 Å². The summed E-state index contributed by atoms with van der Waals surface area (Å²) in [6.45, 7) is 2.92. The number of carboxylic acid groups (broad SMARTS) is 1. The van der Waals surface area contributed by atoms with Crippen LogP contribution in [0.4, 0.5) is 0 Å². The van der Waals surface area contributed by atoms with Gasteiger partial charge in [-0.2, -0.15) is 0 Å². The number of hydrogen-bond acceptors (Lipinski definition) is 6. The van der Waals surface area contributed by atoms with Crippen molar-refractivity contribution in [2.24, 2.45) is 0 Å². The summed E-state index contributed by atoms with van der Waals surface area (Å²) in [5, 5.41) is 11.9. The molecule has 0 aromatic carbocycles. The summed E-state index contributed by atoms with van der Waals surface area (Å²) in [6.07, 6.45) is 0. The molecule has 0 aliphatic heterocycles. The number of carboxylic acids is 1. The van der Waals surface area contributed by atoms with Crippen LogP contribution < -0.4 is 5.32 Å². The number of aliphatic carboxylic acids is 1. The van der Waals surface area contributed by atoms with Crippen LogP contribution in [0.2, 0.25) is 0 Å². The van der Waals surface area contributed by atoms with E-state index < -0.39 is 23.9 Å². The fourth-order valence-corrected chi connectivity index (χ4v) is 2.46. The number of carbonyl (C=O) groups excluding carboxylic acids is 2. The number of rotatable bonds is 6. The lowest BCUT2D eigenvalue weighted by atomic mass is 10.2. The van der Waals surface area contributed by atoms with Crippen molar-refractivity contribution in [1.82, 2.24) is 10.3 Å². The van der Waals surface area contributed by atoms with E-state index in [2.05, 4.69) is 15.0 Å². The van der Waals surface area contributed by atoms with Gasteiger partial charge in [0.15, 0.2) is 0 Å². The Balaban J connectivity index is 2.75. The van der Waals surface area contributed by atoms with Gasteiger partial charge in [-0.15, -0.1) is 11.8 Å². The first-order chi connectivity index (χ1) is 9.85. The molecule has 0 aliphatic carbocycles. The molecule has 0 aliphatic rings. The quantitative estimate of drug-likeness (QED) is 0.592. The predicted octanol–water partition coefficient (Wildman–Crippen LogP) is 0.858. The minimum Gasteiger partial charge on any atom is -0.480 e. The minimum absolute atomic E-state index is 0.138. The van der Waals surface area contributed by atoms with E-state index in [9.17, 15) is 14.4 Å². The maximum atomic E-state index is 11.4. The molecule has 7 nitrogen and oxygen atoms in total. The Labute approximate surface area is 126 Å². The second kappa shape index (κ2) is 7.63. The number of aryl methyl sites for hydroxylation is 1. The van der Waals surface area contributed by atoms with E-state index >= 15 is 0 Å². The minimum atomic E-state index is -1.11. The third-order valence-corrected chi connectivity index (χ3v) is 3.56. The maximum absolute atomic E-state index is 11.4. The van der Waals surface area contributed by atoms with Crippen molar-refractivity contribution in [1.29, 1.82) is 0 Å². The molecule has 114 valence electrons. The predicted molar refractivity (Wildman–Crippen MR) is 76.3 cm³/mol. The van der Waals surface area contributed by atoms with Crippen molar-refractivity contribution in [3.63, 3.8) is 0 Å². The first kappa shape index (κ1) is 17.0. The number of thioether (sulfide) groups is 1. The normalized spacial score (nSPS) is 11.6. The Bertz CT molecular complexity index is 561. The SMILES string of the molecule is COC(=O)c1ccc(SC[C@H](NC(C)=O)C(=O)O)nc1C. The molecule has 0 radical (unpaired) electrons. The van der Waals surface area contributed by atoms with Gasteiger partial charge in [0.05, 0.1) is 23.4 Å². The Hall–Kier alpha value is -2.09. The molecule has 2 N–H and O–H groups in total. The average molecular weight is 312 g/mol. The van der Waals surface area contributed by atoms with Crippen LogP contribution >= 0.6 is 11.8 Å². The van der Waals surface area contributed by atoms with Crippen LogP contribution in [0.3, 0.4) is 0 Å². The Kier molecular flexibility index (Phi) is 6.16. The highest BCUT2D eigenvalue weighted by Gasteiger charge is 2.19. The first-order valence-corrected chi connectivity index (χ1v) is 7.02. The summed E-state index contributed by atoms with van der Waals surface area (Å²) in [7, 11) is 1.29. The molecule has 0 saturated heterocycles. The van der Waals surface area contributed by atoms with E-state index in [-0.39, 0.29) is 5.75 Å². The monoisotopic (exact) mass is 312 g/mol. The average Bonchev–Trinajstić information content (AvgIpc) is 2.42. The zero-order valence-electron chi connectivity index (χ0n) is 11.9. The molecule has 1 amide bonds. The van der Waals surface area contributed by atoms with Gasteiger partial charge in [0.25, 0.3) is 0 Å². The number of pyridine rings is 1. The Morgan fingerprint density at radius 1 is 1.43 bits per heavy atom. The molecule has 8 heteroatoms. The Morgan fingerprint density at radius 3 is 2.57 bits per heavy atom. The summed E-state index contributed by atoms with van der Waals surface area (Å²) in [4.78, 5) is 37.6. The highest BCUT2D eigenvalue weighted by Crippen LogP contribution is 2.19. The molecule has 1 aromatic heterocycles. The topological polar surface area (TPSA) is 106 Å². The summed E-state index contributed by atoms with van der Waals surface area (Å²) in [5.41, 5.74) is 0.858. The molecule has 0 spiro atoms. The summed E-state index contributed by atoms with van der Waals surface area (Å²) in [6, 6.07) is 2.19. The molecule has 0 unspecified atom stereocenters. The highest BCUT2D eigenvalue weighted by molar-refractivity contribution is 7.99. The molecule has 1 heterocycles. The lowest BCUT2D eigenvalue weighted by Gasteiger charge is -2.12. The summed E-state index contributed by atoms with van der Waals surface area (Å²) in [5.74, 6) is -1.86. The van der Waals surface area contributed by atoms with Gasteiger partial charge >= 0.3 is 11.9 Å². The number of esters is 1. The fraction of sp³-hybridized carbons (Fsp3) is 0.385. The van der Waals surface area contributed by atoms with Crippen LogP contribution in [0, 0.1) is 6.92 Å². The van der Waals surface area contributed by atoms with Gasteiger partial charge < -0.3 is 15.2 Å². The van der Waals surface area contributed by atoms with Gasteiger partial charge in [0.1, 0.15) is 6.04 Å². The van der Waals surface area contributed by atoms with E-state index in [1.807, 2.05) is 0 Å². The number of ether oxygens (including phenoxy) is 1. The van der Waals surface area contributed by atoms with Crippen molar-refractivity contribution in [3.8, 4) is 0 Å². The van der Waals surface area contributed by atoms with Crippen molar-refractivity contribution >= 4 is 29.6 Å². The van der Waals surface area contributed by atoms with Crippen LogP contribution in [-0.2, 0) is 14.3 Å². The molecule has 0 saturated carbocycles. The zero-order chi connectivity index (χ0) is 16.0. The lowest BCUT2D eigenvalue weighted by Crippen LogP contribution is -2.41. The third-order valence-electron chi connectivity index (χ3n) is 2.54. The number of nitrogens with zero attached hydrogens (tertiary/aromatic N) is 1. The summed E-state index contributed by atoms with van der Waals surface area (Å²) >= 11 is 1.18. The van der Waals surface area contributed by atoms with E-state index in [0.717, 1.165) is 0 Å². The van der Waals surface area contributed by atoms with Gasteiger partial charge in [0.2, 0.25) is 5.91 Å². The number of hydrogen-bond donors (Lipinski definition) is 2. The highest BCUT2D eigenvalue weighted by atomic mass is 32.2. The molecule has 0 fully saturated rings. The fourth-order valence-electron chi connectivity index (χ4n) is 1.53. The molecule has 0 bridgehead atoms. The second-order valence-electron chi connectivity index (χ2n) is 4.18. The van der Waals surface area contributed by atoms with Gasteiger partial charge in [-0.25, -0.2) is 14.6 Å². The number of aromatic nitrogens is 1. The lowest BCUT2D eigenvalue weighted by molar-refractivity contribution is -0.140. The summed E-state index contributed by atoms with van der Waals surface area (Å²) < 4.78 is 4.62. The third kappa shape index (κ3) is 5.07. The number of amides is 1.